The Labute approximate surface area is 194 Å². The maximum atomic E-state index is 13.1. The summed E-state index contributed by atoms with van der Waals surface area (Å²) < 4.78 is 24.7. The van der Waals surface area contributed by atoms with Gasteiger partial charge in [0.2, 0.25) is 0 Å². The first-order valence-corrected chi connectivity index (χ1v) is 11.2. The van der Waals surface area contributed by atoms with Crippen molar-refractivity contribution in [3.8, 4) is 11.5 Å². The number of nitrogens with zero attached hydrogens (tertiary/aromatic N) is 1. The van der Waals surface area contributed by atoms with Crippen LogP contribution >= 0.6 is 0 Å². The van der Waals surface area contributed by atoms with Gasteiger partial charge >= 0.3 is 0 Å². The molecule has 1 aliphatic rings. The first-order valence-electron chi connectivity index (χ1n) is 11.2. The second-order valence-corrected chi connectivity index (χ2v) is 7.85. The minimum Gasteiger partial charge on any atom is -0.457 e. The number of nitrogens with one attached hydrogen (secondary N) is 1. The summed E-state index contributed by atoms with van der Waals surface area (Å²) in [6, 6.07) is 21.9. The van der Waals surface area contributed by atoms with Crippen molar-refractivity contribution < 1.29 is 19.0 Å². The molecule has 1 atom stereocenters. The van der Waals surface area contributed by atoms with Crippen LogP contribution in [0.1, 0.15) is 18.1 Å². The van der Waals surface area contributed by atoms with Crippen molar-refractivity contribution in [1.82, 2.24) is 5.32 Å². The number of para-hydroxylation sites is 1. The molecule has 0 aliphatic carbocycles. The summed E-state index contributed by atoms with van der Waals surface area (Å²) in [5.41, 5.74) is 3.75. The van der Waals surface area contributed by atoms with Crippen LogP contribution in [0.4, 0.5) is 10.1 Å². The summed E-state index contributed by atoms with van der Waals surface area (Å²) in [7, 11) is 0. The van der Waals surface area contributed by atoms with Crippen molar-refractivity contribution in [3.05, 3.63) is 95.3 Å². The minimum atomic E-state index is -0.786. The van der Waals surface area contributed by atoms with E-state index in [0.717, 1.165) is 28.1 Å². The molecule has 0 bridgehead atoms. The van der Waals surface area contributed by atoms with E-state index in [4.69, 9.17) is 9.47 Å². The van der Waals surface area contributed by atoms with Crippen LogP contribution in [0.3, 0.4) is 0 Å². The van der Waals surface area contributed by atoms with Crippen LogP contribution in [0, 0.1) is 5.82 Å². The summed E-state index contributed by atoms with van der Waals surface area (Å²) in [5.74, 6) is 1.22. The standard InChI is InChI=1S/C27H29FN2O3/c1-2-32-15-14-30-26-17-25(33-24-6-4-3-5-7-24)13-10-21(26)16-22(27(30)31)19-29-18-20-8-11-23(28)12-9-20/h3-13,16-17,27,29,31H,2,14-15,18-19H2,1H3. The van der Waals surface area contributed by atoms with Crippen molar-refractivity contribution >= 4 is 11.8 Å². The first kappa shape index (κ1) is 23.0. The molecule has 5 nitrogen and oxygen atoms in total. The number of hydrogen-bond donors (Lipinski definition) is 2. The molecule has 1 aliphatic heterocycles. The summed E-state index contributed by atoms with van der Waals surface area (Å²) in [5, 5.41) is 14.5. The fraction of sp³-hybridized carbons (Fsp3) is 0.259. The van der Waals surface area contributed by atoms with Crippen LogP contribution in [0.5, 0.6) is 11.5 Å². The number of rotatable bonds is 10. The van der Waals surface area contributed by atoms with E-state index in [1.165, 1.54) is 12.1 Å². The van der Waals surface area contributed by atoms with Gasteiger partial charge in [0.25, 0.3) is 0 Å². The SMILES string of the molecule is CCOCCN1c2cc(Oc3ccccc3)ccc2C=C(CNCc2ccc(F)cc2)C1O. The zero-order valence-electron chi connectivity index (χ0n) is 18.7. The Morgan fingerprint density at radius 3 is 2.52 bits per heavy atom. The highest BCUT2D eigenvalue weighted by atomic mass is 19.1. The predicted octanol–water partition coefficient (Wildman–Crippen LogP) is 4.97. The van der Waals surface area contributed by atoms with Gasteiger partial charge in [-0.05, 0) is 66.1 Å². The van der Waals surface area contributed by atoms with Crippen LogP contribution in [0.25, 0.3) is 6.08 Å². The molecule has 0 radical (unpaired) electrons. The highest BCUT2D eigenvalue weighted by Gasteiger charge is 2.27. The number of anilines is 1. The van der Waals surface area contributed by atoms with E-state index in [-0.39, 0.29) is 5.82 Å². The number of benzene rings is 3. The molecule has 1 unspecified atom stereocenters. The van der Waals surface area contributed by atoms with Gasteiger partial charge in [0, 0.05) is 32.3 Å². The molecule has 33 heavy (non-hydrogen) atoms. The molecule has 0 fully saturated rings. The smallest absolute Gasteiger partial charge is 0.150 e. The summed E-state index contributed by atoms with van der Waals surface area (Å²) in [4.78, 5) is 1.94. The van der Waals surface area contributed by atoms with Gasteiger partial charge in [-0.25, -0.2) is 4.39 Å². The summed E-state index contributed by atoms with van der Waals surface area (Å²) in [6.07, 6.45) is 1.23. The van der Waals surface area contributed by atoms with E-state index >= 15 is 0 Å². The molecule has 2 N–H and O–H groups in total. The Morgan fingerprint density at radius 2 is 1.76 bits per heavy atom. The normalized spacial score (nSPS) is 15.2. The average molecular weight is 449 g/mol. The van der Waals surface area contributed by atoms with Gasteiger partial charge in [-0.3, -0.25) is 0 Å². The van der Waals surface area contributed by atoms with Crippen molar-refractivity contribution in [2.24, 2.45) is 0 Å². The third-order valence-corrected chi connectivity index (χ3v) is 5.51. The van der Waals surface area contributed by atoms with E-state index in [1.807, 2.05) is 66.4 Å². The lowest BCUT2D eigenvalue weighted by molar-refractivity contribution is 0.137. The predicted molar refractivity (Wildman–Crippen MR) is 129 cm³/mol. The maximum Gasteiger partial charge on any atom is 0.150 e. The molecule has 6 heteroatoms. The van der Waals surface area contributed by atoms with Crippen LogP contribution in [-0.4, -0.2) is 37.6 Å². The Bertz CT molecular complexity index is 1070. The van der Waals surface area contributed by atoms with Crippen molar-refractivity contribution in [1.29, 1.82) is 0 Å². The Balaban J connectivity index is 1.52. The molecular formula is C27H29FN2O3. The molecule has 0 aromatic heterocycles. The van der Waals surface area contributed by atoms with Gasteiger partial charge in [-0.15, -0.1) is 0 Å². The maximum absolute atomic E-state index is 13.1. The highest BCUT2D eigenvalue weighted by Crippen LogP contribution is 2.35. The van der Waals surface area contributed by atoms with Crippen LogP contribution in [0.2, 0.25) is 0 Å². The minimum absolute atomic E-state index is 0.249. The second kappa shape index (κ2) is 11.1. The highest BCUT2D eigenvalue weighted by molar-refractivity contribution is 5.75. The number of halogens is 1. The lowest BCUT2D eigenvalue weighted by Crippen LogP contribution is -2.43. The first-order chi connectivity index (χ1) is 16.1. The van der Waals surface area contributed by atoms with Gasteiger partial charge in [0.05, 0.1) is 12.3 Å². The summed E-state index contributed by atoms with van der Waals surface area (Å²) >= 11 is 0. The van der Waals surface area contributed by atoms with E-state index in [1.54, 1.807) is 12.1 Å². The Kier molecular flexibility index (Phi) is 7.73. The van der Waals surface area contributed by atoms with Gasteiger partial charge in [-0.2, -0.15) is 0 Å². The van der Waals surface area contributed by atoms with Crippen molar-refractivity contribution in [2.75, 3.05) is 31.2 Å². The largest absolute Gasteiger partial charge is 0.457 e. The molecule has 3 aromatic rings. The number of hydrogen-bond acceptors (Lipinski definition) is 5. The van der Waals surface area contributed by atoms with Crippen molar-refractivity contribution in [3.63, 3.8) is 0 Å². The molecule has 1 heterocycles. The molecule has 0 amide bonds. The molecule has 0 saturated carbocycles. The summed E-state index contributed by atoms with van der Waals surface area (Å²) in [6.45, 7) is 4.72. The molecule has 172 valence electrons. The van der Waals surface area contributed by atoms with E-state index in [2.05, 4.69) is 5.32 Å². The zero-order valence-corrected chi connectivity index (χ0v) is 18.7. The number of aliphatic hydroxyl groups is 1. The average Bonchev–Trinajstić information content (AvgIpc) is 2.83. The molecule has 4 rings (SSSR count). The fourth-order valence-corrected chi connectivity index (χ4v) is 3.83. The van der Waals surface area contributed by atoms with Gasteiger partial charge in [0.1, 0.15) is 17.3 Å². The quantitative estimate of drug-likeness (QED) is 0.429. The lowest BCUT2D eigenvalue weighted by Gasteiger charge is -2.36. The third-order valence-electron chi connectivity index (χ3n) is 5.51. The number of fused-ring (bicyclic) bond motifs is 1. The van der Waals surface area contributed by atoms with E-state index in [9.17, 15) is 9.50 Å². The number of aliphatic hydroxyl groups excluding tert-OH is 1. The monoisotopic (exact) mass is 448 g/mol. The van der Waals surface area contributed by atoms with E-state index in [0.29, 0.717) is 38.6 Å². The number of ether oxygens (including phenoxy) is 2. The van der Waals surface area contributed by atoms with Gasteiger partial charge in [0.15, 0.2) is 6.23 Å². The fourth-order valence-electron chi connectivity index (χ4n) is 3.83. The van der Waals surface area contributed by atoms with Crippen molar-refractivity contribution in [2.45, 2.75) is 19.7 Å². The molecule has 0 saturated heterocycles. The van der Waals surface area contributed by atoms with Crippen LogP contribution in [0.15, 0.2) is 78.4 Å². The Morgan fingerprint density at radius 1 is 0.970 bits per heavy atom. The molecular weight excluding hydrogens is 419 g/mol. The topological polar surface area (TPSA) is 54.0 Å². The lowest BCUT2D eigenvalue weighted by atomic mass is 10.00. The van der Waals surface area contributed by atoms with Gasteiger partial charge < -0.3 is 24.8 Å². The molecule has 3 aromatic carbocycles. The van der Waals surface area contributed by atoms with Crippen LogP contribution in [-0.2, 0) is 11.3 Å². The zero-order chi connectivity index (χ0) is 23.0. The molecule has 0 spiro atoms. The van der Waals surface area contributed by atoms with E-state index < -0.39 is 6.23 Å². The second-order valence-electron chi connectivity index (χ2n) is 7.85. The Hall–Kier alpha value is -3.19. The van der Waals surface area contributed by atoms with Crippen LogP contribution < -0.4 is 15.0 Å². The third kappa shape index (κ3) is 5.99. The van der Waals surface area contributed by atoms with Gasteiger partial charge in [-0.1, -0.05) is 30.3 Å².